The third kappa shape index (κ3) is 5.04. The van der Waals surface area contributed by atoms with Crippen molar-refractivity contribution in [3.8, 4) is 5.75 Å². The number of nitrogens with one attached hydrogen (secondary N) is 1. The molecule has 1 aliphatic heterocycles. The Hall–Kier alpha value is -3.55. The van der Waals surface area contributed by atoms with Gasteiger partial charge in [-0.15, -0.1) is 0 Å². The molecule has 0 spiro atoms. The first kappa shape index (κ1) is 20.2. The predicted molar refractivity (Wildman–Crippen MR) is 109 cm³/mol. The summed E-state index contributed by atoms with van der Waals surface area (Å²) in [7, 11) is 1.57. The summed E-state index contributed by atoms with van der Waals surface area (Å²) in [5.41, 5.74) is 6.84. The fourth-order valence-corrected chi connectivity index (χ4v) is 3.42. The third-order valence-corrected chi connectivity index (χ3v) is 4.85. The topological polar surface area (TPSA) is 105 Å². The SMILES string of the molecule is COc1cccc(N2C[C@@H](Cc3ccccc3)N(C(=O)CNC(N)=O)CC2=O)c1. The van der Waals surface area contributed by atoms with Crippen molar-refractivity contribution in [1.29, 1.82) is 0 Å². The average Bonchev–Trinajstić information content (AvgIpc) is 2.73. The number of benzene rings is 2. The molecule has 4 amide bonds. The number of nitrogens with zero attached hydrogens (tertiary/aromatic N) is 2. The van der Waals surface area contributed by atoms with E-state index in [0.29, 0.717) is 18.7 Å². The van der Waals surface area contributed by atoms with E-state index in [2.05, 4.69) is 5.32 Å². The maximum Gasteiger partial charge on any atom is 0.312 e. The van der Waals surface area contributed by atoms with E-state index >= 15 is 0 Å². The molecule has 0 saturated carbocycles. The number of anilines is 1. The van der Waals surface area contributed by atoms with Gasteiger partial charge in [-0.05, 0) is 24.1 Å². The predicted octanol–water partition coefficient (Wildman–Crippen LogP) is 1.15. The van der Waals surface area contributed by atoms with E-state index in [-0.39, 0.29) is 30.9 Å². The Morgan fingerprint density at radius 2 is 1.93 bits per heavy atom. The monoisotopic (exact) mass is 396 g/mol. The molecular weight excluding hydrogens is 372 g/mol. The fourth-order valence-electron chi connectivity index (χ4n) is 3.42. The van der Waals surface area contributed by atoms with E-state index in [1.807, 2.05) is 48.5 Å². The molecule has 8 heteroatoms. The number of nitrogens with two attached hydrogens (primary N) is 1. The van der Waals surface area contributed by atoms with Gasteiger partial charge in [0, 0.05) is 18.3 Å². The maximum atomic E-state index is 12.8. The molecule has 8 nitrogen and oxygen atoms in total. The van der Waals surface area contributed by atoms with Gasteiger partial charge >= 0.3 is 6.03 Å². The van der Waals surface area contributed by atoms with Crippen molar-refractivity contribution in [2.24, 2.45) is 5.73 Å². The van der Waals surface area contributed by atoms with Crippen LogP contribution in [0.1, 0.15) is 5.56 Å². The van der Waals surface area contributed by atoms with Crippen LogP contribution in [-0.2, 0) is 16.0 Å². The molecule has 2 aromatic carbocycles. The maximum absolute atomic E-state index is 12.8. The highest BCUT2D eigenvalue weighted by Gasteiger charge is 2.35. The zero-order chi connectivity index (χ0) is 20.8. The molecule has 152 valence electrons. The molecule has 0 aliphatic carbocycles. The normalized spacial score (nSPS) is 16.4. The zero-order valence-corrected chi connectivity index (χ0v) is 16.2. The Labute approximate surface area is 169 Å². The minimum Gasteiger partial charge on any atom is -0.497 e. The molecule has 0 unspecified atom stereocenters. The number of hydrogen-bond acceptors (Lipinski definition) is 4. The molecule has 2 aromatic rings. The van der Waals surface area contributed by atoms with Crippen LogP contribution in [0.15, 0.2) is 54.6 Å². The van der Waals surface area contributed by atoms with Crippen LogP contribution in [0.25, 0.3) is 0 Å². The second-order valence-electron chi connectivity index (χ2n) is 6.79. The summed E-state index contributed by atoms with van der Waals surface area (Å²) in [5.74, 6) is 0.109. The highest BCUT2D eigenvalue weighted by molar-refractivity contribution is 5.98. The van der Waals surface area contributed by atoms with Crippen molar-refractivity contribution in [2.75, 3.05) is 31.6 Å². The Morgan fingerprint density at radius 1 is 1.17 bits per heavy atom. The Kier molecular flexibility index (Phi) is 6.33. The highest BCUT2D eigenvalue weighted by atomic mass is 16.5. The van der Waals surface area contributed by atoms with Crippen LogP contribution in [0.3, 0.4) is 0 Å². The number of piperazine rings is 1. The minimum atomic E-state index is -0.778. The first-order chi connectivity index (χ1) is 14.0. The van der Waals surface area contributed by atoms with Crippen molar-refractivity contribution in [2.45, 2.75) is 12.5 Å². The van der Waals surface area contributed by atoms with Gasteiger partial charge in [-0.1, -0.05) is 36.4 Å². The van der Waals surface area contributed by atoms with Gasteiger partial charge in [-0.2, -0.15) is 0 Å². The Balaban J connectivity index is 1.84. The summed E-state index contributed by atoms with van der Waals surface area (Å²) in [6, 6.07) is 16.0. The van der Waals surface area contributed by atoms with Crippen molar-refractivity contribution >= 4 is 23.5 Å². The van der Waals surface area contributed by atoms with E-state index in [9.17, 15) is 14.4 Å². The van der Waals surface area contributed by atoms with Crippen LogP contribution in [-0.4, -0.2) is 55.5 Å². The molecule has 0 aromatic heterocycles. The summed E-state index contributed by atoms with van der Waals surface area (Å²) >= 11 is 0. The van der Waals surface area contributed by atoms with Crippen LogP contribution >= 0.6 is 0 Å². The van der Waals surface area contributed by atoms with Crippen LogP contribution in [0.4, 0.5) is 10.5 Å². The van der Waals surface area contributed by atoms with Gasteiger partial charge in [0.05, 0.1) is 19.7 Å². The number of methoxy groups -OCH3 is 1. The lowest BCUT2D eigenvalue weighted by atomic mass is 10.0. The number of urea groups is 1. The lowest BCUT2D eigenvalue weighted by Gasteiger charge is -2.41. The second-order valence-corrected chi connectivity index (χ2v) is 6.79. The van der Waals surface area contributed by atoms with Gasteiger partial charge in [0.15, 0.2) is 0 Å². The van der Waals surface area contributed by atoms with Crippen LogP contribution in [0.2, 0.25) is 0 Å². The molecule has 1 heterocycles. The van der Waals surface area contributed by atoms with Gasteiger partial charge in [-0.25, -0.2) is 4.79 Å². The van der Waals surface area contributed by atoms with Crippen molar-refractivity contribution < 1.29 is 19.1 Å². The van der Waals surface area contributed by atoms with E-state index in [0.717, 1.165) is 11.3 Å². The summed E-state index contributed by atoms with van der Waals surface area (Å²) < 4.78 is 5.26. The van der Waals surface area contributed by atoms with Gasteiger partial charge in [0.25, 0.3) is 0 Å². The zero-order valence-electron chi connectivity index (χ0n) is 16.2. The van der Waals surface area contributed by atoms with Crippen molar-refractivity contribution in [1.82, 2.24) is 10.2 Å². The Bertz CT molecular complexity index is 887. The van der Waals surface area contributed by atoms with E-state index in [1.54, 1.807) is 18.1 Å². The molecule has 1 atom stereocenters. The van der Waals surface area contributed by atoms with Gasteiger partial charge < -0.3 is 25.6 Å². The van der Waals surface area contributed by atoms with Crippen LogP contribution in [0.5, 0.6) is 5.75 Å². The van der Waals surface area contributed by atoms with E-state index in [1.165, 1.54) is 4.90 Å². The van der Waals surface area contributed by atoms with Gasteiger partial charge in [0.1, 0.15) is 12.3 Å². The summed E-state index contributed by atoms with van der Waals surface area (Å²) in [5, 5.41) is 2.31. The summed E-state index contributed by atoms with van der Waals surface area (Å²) in [6.07, 6.45) is 0.580. The molecule has 0 radical (unpaired) electrons. The third-order valence-electron chi connectivity index (χ3n) is 4.85. The summed E-state index contributed by atoms with van der Waals surface area (Å²) in [6.45, 7) is 0.0181. The molecule has 29 heavy (non-hydrogen) atoms. The highest BCUT2D eigenvalue weighted by Crippen LogP contribution is 2.25. The standard InChI is InChI=1S/C21H24N4O4/c1-29-18-9-5-8-16(11-18)24-13-17(10-15-6-3-2-4-7-15)25(14-20(24)27)19(26)12-23-21(22)28/h2-9,11,17H,10,12-14H2,1H3,(H3,22,23,28)/t17-/m1/s1. The smallest absolute Gasteiger partial charge is 0.312 e. The largest absolute Gasteiger partial charge is 0.497 e. The number of carbonyl (C=O) groups excluding carboxylic acids is 3. The number of amides is 4. The number of rotatable bonds is 6. The van der Waals surface area contributed by atoms with Gasteiger partial charge in [-0.3, -0.25) is 9.59 Å². The lowest BCUT2D eigenvalue weighted by molar-refractivity contribution is -0.138. The second kappa shape index (κ2) is 9.09. The molecule has 3 N–H and O–H groups in total. The average molecular weight is 396 g/mol. The molecule has 1 fully saturated rings. The van der Waals surface area contributed by atoms with Crippen LogP contribution < -0.4 is 20.7 Å². The first-order valence-electron chi connectivity index (χ1n) is 9.29. The van der Waals surface area contributed by atoms with Crippen LogP contribution in [0, 0.1) is 0 Å². The molecule has 1 aliphatic rings. The Morgan fingerprint density at radius 3 is 2.62 bits per heavy atom. The minimum absolute atomic E-state index is 0.0754. The molecule has 0 bridgehead atoms. The summed E-state index contributed by atoms with van der Waals surface area (Å²) in [4.78, 5) is 39.6. The van der Waals surface area contributed by atoms with E-state index < -0.39 is 6.03 Å². The lowest BCUT2D eigenvalue weighted by Crippen LogP contribution is -2.60. The van der Waals surface area contributed by atoms with Crippen molar-refractivity contribution in [3.63, 3.8) is 0 Å². The van der Waals surface area contributed by atoms with Gasteiger partial charge in [0.2, 0.25) is 11.8 Å². The number of ether oxygens (including phenoxy) is 1. The molecule has 1 saturated heterocycles. The van der Waals surface area contributed by atoms with Crippen molar-refractivity contribution in [3.05, 3.63) is 60.2 Å². The number of carbonyl (C=O) groups is 3. The van der Waals surface area contributed by atoms with E-state index in [4.69, 9.17) is 10.5 Å². The first-order valence-corrected chi connectivity index (χ1v) is 9.29. The molecular formula is C21H24N4O4. The molecule has 3 rings (SSSR count). The number of primary amides is 1. The quantitative estimate of drug-likeness (QED) is 0.764. The number of hydrogen-bond donors (Lipinski definition) is 2. The fraction of sp³-hybridized carbons (Fsp3) is 0.286.